The Kier molecular flexibility index (Phi) is 7.14. The second-order valence-corrected chi connectivity index (χ2v) is 8.86. The maximum absolute atomic E-state index is 12.7. The highest BCUT2D eigenvalue weighted by Gasteiger charge is 2.18. The van der Waals surface area contributed by atoms with Crippen LogP contribution in [0.1, 0.15) is 26.3 Å². The van der Waals surface area contributed by atoms with Crippen LogP contribution in [0.4, 0.5) is 5.69 Å². The molecule has 0 aromatic heterocycles. The van der Waals surface area contributed by atoms with Crippen LogP contribution in [-0.2, 0) is 10.0 Å². The number of hydrazone groups is 1. The quantitative estimate of drug-likeness (QED) is 0.388. The van der Waals surface area contributed by atoms with Crippen LogP contribution < -0.4 is 15.3 Å². The topological polar surface area (TPSA) is 128 Å². The van der Waals surface area contributed by atoms with Crippen LogP contribution in [0.5, 0.6) is 0 Å². The van der Waals surface area contributed by atoms with E-state index in [4.69, 9.17) is 23.2 Å². The van der Waals surface area contributed by atoms with Gasteiger partial charge in [-0.15, -0.1) is 0 Å². The number of amides is 1. The summed E-state index contributed by atoms with van der Waals surface area (Å²) < 4.78 is 27.7. The molecule has 0 saturated carbocycles. The molecule has 8 nitrogen and oxygen atoms in total. The van der Waals surface area contributed by atoms with Crippen molar-refractivity contribution in [2.75, 3.05) is 4.72 Å². The number of nitrogens with zero attached hydrogens (tertiary/aromatic N) is 1. The molecule has 0 radical (unpaired) electrons. The Balaban J connectivity index is 1.77. The fourth-order valence-corrected chi connectivity index (χ4v) is 4.11. The molecule has 0 fully saturated rings. The van der Waals surface area contributed by atoms with E-state index in [1.54, 1.807) is 6.07 Å². The monoisotopic (exact) mass is 490 g/mol. The zero-order valence-electron chi connectivity index (χ0n) is 16.1. The zero-order chi connectivity index (χ0) is 23.3. The van der Waals surface area contributed by atoms with Crippen molar-refractivity contribution in [1.29, 1.82) is 0 Å². The summed E-state index contributed by atoms with van der Waals surface area (Å²) >= 11 is 11.9. The lowest BCUT2D eigenvalue weighted by Gasteiger charge is -2.11. The van der Waals surface area contributed by atoms with Gasteiger partial charge < -0.3 is 9.90 Å². The second kappa shape index (κ2) is 9.82. The Hall–Kier alpha value is -3.40. The van der Waals surface area contributed by atoms with Crippen molar-refractivity contribution < 1.29 is 23.1 Å². The van der Waals surface area contributed by atoms with Crippen molar-refractivity contribution in [2.24, 2.45) is 5.10 Å². The number of carboxylic acid groups (broad SMARTS) is 1. The van der Waals surface area contributed by atoms with Crippen molar-refractivity contribution >= 4 is 57.0 Å². The first-order valence-corrected chi connectivity index (χ1v) is 11.1. The molecular formula is C21H14Cl2N3O5S-. The maximum Gasteiger partial charge on any atom is 0.271 e. The minimum atomic E-state index is -4.07. The summed E-state index contributed by atoms with van der Waals surface area (Å²) in [6.45, 7) is 0. The molecular weight excluding hydrogens is 477 g/mol. The molecule has 0 unspecified atom stereocenters. The van der Waals surface area contributed by atoms with Crippen molar-refractivity contribution in [3.63, 3.8) is 0 Å². The van der Waals surface area contributed by atoms with Gasteiger partial charge in [-0.3, -0.25) is 9.52 Å². The molecule has 0 bridgehead atoms. The number of benzene rings is 3. The van der Waals surface area contributed by atoms with Gasteiger partial charge in [0.15, 0.2) is 0 Å². The number of halogens is 2. The van der Waals surface area contributed by atoms with E-state index in [2.05, 4.69) is 15.2 Å². The van der Waals surface area contributed by atoms with Gasteiger partial charge in [-0.1, -0.05) is 53.5 Å². The predicted octanol–water partition coefficient (Wildman–Crippen LogP) is 2.92. The van der Waals surface area contributed by atoms with Crippen molar-refractivity contribution in [2.45, 2.75) is 4.90 Å². The van der Waals surface area contributed by atoms with Gasteiger partial charge in [0.05, 0.1) is 27.8 Å². The largest absolute Gasteiger partial charge is 0.545 e. The zero-order valence-corrected chi connectivity index (χ0v) is 18.4. The molecule has 32 heavy (non-hydrogen) atoms. The van der Waals surface area contributed by atoms with Crippen molar-refractivity contribution in [3.8, 4) is 0 Å². The lowest BCUT2D eigenvalue weighted by atomic mass is 10.1. The molecule has 0 aliphatic heterocycles. The molecule has 3 aromatic carbocycles. The van der Waals surface area contributed by atoms with E-state index in [0.29, 0.717) is 5.02 Å². The van der Waals surface area contributed by atoms with Gasteiger partial charge in [0.2, 0.25) is 0 Å². The summed E-state index contributed by atoms with van der Waals surface area (Å²) in [7, 11) is -4.07. The standard InChI is InChI=1S/C21H15Cl2N3O5S/c22-15-8-9-18(23)19(11-15)26-32(30,31)16-6-3-5-13(10-16)20(27)25-24-12-14-4-1-2-7-17(14)21(28)29/h1-12,26H,(H,25,27)(H,28,29)/p-1/b24-12-. The molecule has 3 rings (SSSR count). The van der Waals surface area contributed by atoms with Gasteiger partial charge >= 0.3 is 0 Å². The fourth-order valence-electron chi connectivity index (χ4n) is 2.60. The number of sulfonamides is 1. The highest BCUT2D eigenvalue weighted by molar-refractivity contribution is 7.92. The second-order valence-electron chi connectivity index (χ2n) is 6.33. The van der Waals surface area contributed by atoms with E-state index in [0.717, 1.165) is 12.3 Å². The third kappa shape index (κ3) is 5.64. The number of carbonyl (C=O) groups is 2. The number of hydrogen-bond donors (Lipinski definition) is 2. The number of rotatable bonds is 7. The van der Waals surface area contributed by atoms with Gasteiger partial charge in [0.1, 0.15) is 0 Å². The van der Waals surface area contributed by atoms with Gasteiger partial charge in [0.25, 0.3) is 15.9 Å². The Morgan fingerprint density at radius 2 is 1.72 bits per heavy atom. The van der Waals surface area contributed by atoms with E-state index in [1.165, 1.54) is 54.6 Å². The van der Waals surface area contributed by atoms with E-state index in [1.807, 2.05) is 0 Å². The number of carbonyl (C=O) groups excluding carboxylic acids is 2. The van der Waals surface area contributed by atoms with Gasteiger partial charge in [-0.25, -0.2) is 13.8 Å². The first-order chi connectivity index (χ1) is 15.2. The number of carboxylic acids is 1. The Morgan fingerprint density at radius 1 is 0.969 bits per heavy atom. The lowest BCUT2D eigenvalue weighted by Crippen LogP contribution is -2.24. The predicted molar refractivity (Wildman–Crippen MR) is 120 cm³/mol. The third-order valence-corrected chi connectivity index (χ3v) is 6.06. The minimum absolute atomic E-state index is 0.00963. The first-order valence-electron chi connectivity index (χ1n) is 8.89. The third-order valence-electron chi connectivity index (χ3n) is 4.13. The molecule has 1 amide bonds. The summed E-state index contributed by atoms with van der Waals surface area (Å²) in [5, 5.41) is 15.3. The van der Waals surface area contributed by atoms with E-state index < -0.39 is 21.9 Å². The van der Waals surface area contributed by atoms with Crippen LogP contribution in [0.2, 0.25) is 10.0 Å². The summed E-state index contributed by atoms with van der Waals surface area (Å²) in [6, 6.07) is 15.5. The molecule has 0 spiro atoms. The van der Waals surface area contributed by atoms with E-state index in [9.17, 15) is 23.1 Å². The molecule has 3 aromatic rings. The highest BCUT2D eigenvalue weighted by Crippen LogP contribution is 2.28. The van der Waals surface area contributed by atoms with E-state index >= 15 is 0 Å². The molecule has 0 saturated heterocycles. The summed E-state index contributed by atoms with van der Waals surface area (Å²) in [6.07, 6.45) is 1.15. The number of nitrogens with one attached hydrogen (secondary N) is 2. The average Bonchev–Trinajstić information content (AvgIpc) is 2.76. The van der Waals surface area contributed by atoms with Crippen LogP contribution in [-0.4, -0.2) is 26.5 Å². The van der Waals surface area contributed by atoms with Crippen LogP contribution in [0.15, 0.2) is 76.7 Å². The van der Waals surface area contributed by atoms with Crippen LogP contribution >= 0.6 is 23.2 Å². The molecule has 0 aliphatic rings. The van der Waals surface area contributed by atoms with Crippen molar-refractivity contribution in [1.82, 2.24) is 5.43 Å². The maximum atomic E-state index is 12.7. The van der Waals surface area contributed by atoms with Crippen molar-refractivity contribution in [3.05, 3.63) is 93.5 Å². The van der Waals surface area contributed by atoms with Gasteiger partial charge in [0, 0.05) is 21.7 Å². The normalized spacial score (nSPS) is 11.3. The average molecular weight is 491 g/mol. The Bertz CT molecular complexity index is 1330. The van der Waals surface area contributed by atoms with Gasteiger partial charge in [-0.05, 0) is 36.4 Å². The molecule has 0 heterocycles. The smallest absolute Gasteiger partial charge is 0.271 e. The highest BCUT2D eigenvalue weighted by atomic mass is 35.5. The Morgan fingerprint density at radius 3 is 2.47 bits per heavy atom. The molecule has 11 heteroatoms. The summed E-state index contributed by atoms with van der Waals surface area (Å²) in [5.74, 6) is -2.09. The lowest BCUT2D eigenvalue weighted by molar-refractivity contribution is -0.255. The van der Waals surface area contributed by atoms with Crippen LogP contribution in [0.3, 0.4) is 0 Å². The van der Waals surface area contributed by atoms with Crippen LogP contribution in [0.25, 0.3) is 0 Å². The molecule has 164 valence electrons. The number of aromatic carboxylic acids is 1. The molecule has 0 aliphatic carbocycles. The van der Waals surface area contributed by atoms with Gasteiger partial charge in [-0.2, -0.15) is 5.10 Å². The van der Waals surface area contributed by atoms with E-state index in [-0.39, 0.29) is 32.3 Å². The Labute approximate surface area is 193 Å². The SMILES string of the molecule is O=C(N/N=C\c1ccccc1C(=O)[O-])c1cccc(S(=O)(=O)Nc2cc(Cl)ccc2Cl)c1. The van der Waals surface area contributed by atoms with Crippen LogP contribution in [0, 0.1) is 0 Å². The molecule has 2 N–H and O–H groups in total. The number of anilines is 1. The summed E-state index contributed by atoms with van der Waals surface area (Å²) in [5.41, 5.74) is 2.45. The molecule has 0 atom stereocenters. The number of hydrogen-bond acceptors (Lipinski definition) is 6. The first kappa shape index (κ1) is 23.3. The fraction of sp³-hybridized carbons (Fsp3) is 0. The minimum Gasteiger partial charge on any atom is -0.545 e. The summed E-state index contributed by atoms with van der Waals surface area (Å²) in [4.78, 5) is 23.3.